The second-order valence-electron chi connectivity index (χ2n) is 4.30. The molecule has 0 radical (unpaired) electrons. The zero-order chi connectivity index (χ0) is 13.7. The van der Waals surface area contributed by atoms with Gasteiger partial charge in [0.1, 0.15) is 0 Å². The van der Waals surface area contributed by atoms with Crippen LogP contribution in [0.3, 0.4) is 0 Å². The molecular formula is C12H18BrN3O3. The van der Waals surface area contributed by atoms with Crippen LogP contribution in [0, 0.1) is 0 Å². The number of rotatable bonds is 6. The highest BCUT2D eigenvalue weighted by Gasteiger charge is 2.24. The number of anilines is 1. The van der Waals surface area contributed by atoms with Crippen LogP contribution in [0.15, 0.2) is 10.7 Å². The lowest BCUT2D eigenvalue weighted by Gasteiger charge is -2.13. The molecular weight excluding hydrogens is 314 g/mol. The topological polar surface area (TPSA) is 76.5 Å². The van der Waals surface area contributed by atoms with E-state index in [0.29, 0.717) is 25.0 Å². The smallest absolute Gasteiger partial charge is 0.232 e. The zero-order valence-corrected chi connectivity index (χ0v) is 12.4. The third-order valence-corrected chi connectivity index (χ3v) is 3.42. The van der Waals surface area contributed by atoms with Crippen LogP contribution in [-0.4, -0.2) is 47.0 Å². The Morgan fingerprint density at radius 3 is 3.00 bits per heavy atom. The third-order valence-electron chi connectivity index (χ3n) is 2.88. The second kappa shape index (κ2) is 7.02. The van der Waals surface area contributed by atoms with E-state index in [2.05, 4.69) is 31.2 Å². The van der Waals surface area contributed by atoms with Gasteiger partial charge in [-0.1, -0.05) is 0 Å². The molecule has 2 N–H and O–H groups in total. The lowest BCUT2D eigenvalue weighted by molar-refractivity contribution is 0.0174. The minimum absolute atomic E-state index is 0.0309. The summed E-state index contributed by atoms with van der Waals surface area (Å²) in [6, 6.07) is 0. The Bertz CT molecular complexity index is 419. The van der Waals surface area contributed by atoms with E-state index in [1.54, 1.807) is 6.20 Å². The maximum absolute atomic E-state index is 9.00. The van der Waals surface area contributed by atoms with Gasteiger partial charge >= 0.3 is 0 Å². The summed E-state index contributed by atoms with van der Waals surface area (Å²) in [5.41, 5.74) is 0. The van der Waals surface area contributed by atoms with E-state index in [-0.39, 0.29) is 18.8 Å². The molecule has 106 valence electrons. The molecule has 0 saturated carbocycles. The standard InChI is InChI=1S/C12H18BrN3O3/c1-2-18-11-10(13)6-15-12(16-11)14-5-8-3-4-9(7-17)19-8/h6,8-9,17H,2-5,7H2,1H3,(H,14,15,16)/t8-,9+/m1/s1. The minimum Gasteiger partial charge on any atom is -0.477 e. The molecule has 2 atom stereocenters. The Morgan fingerprint density at radius 1 is 1.53 bits per heavy atom. The highest BCUT2D eigenvalue weighted by Crippen LogP contribution is 2.23. The normalized spacial score (nSPS) is 22.5. The second-order valence-corrected chi connectivity index (χ2v) is 5.15. The fraction of sp³-hybridized carbons (Fsp3) is 0.667. The number of hydrogen-bond acceptors (Lipinski definition) is 6. The van der Waals surface area contributed by atoms with Gasteiger partial charge in [0.2, 0.25) is 11.8 Å². The van der Waals surface area contributed by atoms with Gasteiger partial charge < -0.3 is 19.9 Å². The number of hydrogen-bond donors (Lipinski definition) is 2. The van der Waals surface area contributed by atoms with Gasteiger partial charge in [-0.25, -0.2) is 4.98 Å². The number of aliphatic hydroxyl groups excluding tert-OH is 1. The minimum atomic E-state index is -0.0309. The number of nitrogens with one attached hydrogen (secondary N) is 1. The van der Waals surface area contributed by atoms with Crippen molar-refractivity contribution in [2.45, 2.75) is 32.0 Å². The van der Waals surface area contributed by atoms with Crippen LogP contribution in [0.4, 0.5) is 5.95 Å². The largest absolute Gasteiger partial charge is 0.477 e. The summed E-state index contributed by atoms with van der Waals surface area (Å²) in [4.78, 5) is 8.43. The van der Waals surface area contributed by atoms with E-state index in [0.717, 1.165) is 17.3 Å². The van der Waals surface area contributed by atoms with Gasteiger partial charge in [-0.3, -0.25) is 0 Å². The van der Waals surface area contributed by atoms with Gasteiger partial charge in [0.25, 0.3) is 0 Å². The lowest BCUT2D eigenvalue weighted by Crippen LogP contribution is -2.22. The first-order chi connectivity index (χ1) is 9.22. The van der Waals surface area contributed by atoms with Crippen molar-refractivity contribution in [1.82, 2.24) is 9.97 Å². The van der Waals surface area contributed by atoms with Crippen LogP contribution in [0.25, 0.3) is 0 Å². The van der Waals surface area contributed by atoms with Gasteiger partial charge in [-0.05, 0) is 35.7 Å². The first kappa shape index (κ1) is 14.5. The molecule has 1 saturated heterocycles. The molecule has 6 nitrogen and oxygen atoms in total. The molecule has 1 aliphatic heterocycles. The van der Waals surface area contributed by atoms with E-state index in [1.807, 2.05) is 6.92 Å². The summed E-state index contributed by atoms with van der Waals surface area (Å²) in [5, 5.41) is 12.1. The summed E-state index contributed by atoms with van der Waals surface area (Å²) < 4.78 is 11.7. The maximum atomic E-state index is 9.00. The Hall–Kier alpha value is -0.920. The first-order valence-electron chi connectivity index (χ1n) is 6.38. The summed E-state index contributed by atoms with van der Waals surface area (Å²) in [5.74, 6) is 1.04. The average Bonchev–Trinajstić information content (AvgIpc) is 2.88. The van der Waals surface area contributed by atoms with E-state index >= 15 is 0 Å². The van der Waals surface area contributed by atoms with Crippen LogP contribution < -0.4 is 10.1 Å². The molecule has 1 aromatic heterocycles. The molecule has 19 heavy (non-hydrogen) atoms. The van der Waals surface area contributed by atoms with E-state index in [1.165, 1.54) is 0 Å². The van der Waals surface area contributed by atoms with Crippen molar-refractivity contribution in [2.24, 2.45) is 0 Å². The Morgan fingerprint density at radius 2 is 2.32 bits per heavy atom. The number of halogens is 1. The van der Waals surface area contributed by atoms with Crippen LogP contribution in [0.2, 0.25) is 0 Å². The fourth-order valence-electron chi connectivity index (χ4n) is 1.94. The van der Waals surface area contributed by atoms with Crippen molar-refractivity contribution in [3.63, 3.8) is 0 Å². The Kier molecular flexibility index (Phi) is 5.35. The molecule has 0 aliphatic carbocycles. The van der Waals surface area contributed by atoms with Gasteiger partial charge in [-0.15, -0.1) is 0 Å². The summed E-state index contributed by atoms with van der Waals surface area (Å²) >= 11 is 3.34. The van der Waals surface area contributed by atoms with Gasteiger partial charge in [-0.2, -0.15) is 4.98 Å². The van der Waals surface area contributed by atoms with Crippen molar-refractivity contribution in [3.05, 3.63) is 10.7 Å². The predicted octanol–water partition coefficient (Wildman–Crippen LogP) is 1.59. The van der Waals surface area contributed by atoms with E-state index in [4.69, 9.17) is 14.6 Å². The maximum Gasteiger partial charge on any atom is 0.232 e. The van der Waals surface area contributed by atoms with Crippen molar-refractivity contribution in [2.75, 3.05) is 25.1 Å². The Labute approximate surface area is 120 Å². The summed E-state index contributed by atoms with van der Waals surface area (Å²) in [7, 11) is 0. The molecule has 0 aromatic carbocycles. The van der Waals surface area contributed by atoms with Crippen LogP contribution in [-0.2, 0) is 4.74 Å². The highest BCUT2D eigenvalue weighted by atomic mass is 79.9. The molecule has 1 fully saturated rings. The molecule has 0 unspecified atom stereocenters. The summed E-state index contributed by atoms with van der Waals surface area (Å²) in [6.45, 7) is 3.17. The molecule has 7 heteroatoms. The third kappa shape index (κ3) is 4.02. The van der Waals surface area contributed by atoms with Crippen LogP contribution >= 0.6 is 15.9 Å². The van der Waals surface area contributed by atoms with Crippen LogP contribution in [0.5, 0.6) is 5.88 Å². The molecule has 0 amide bonds. The molecule has 1 aromatic rings. The van der Waals surface area contributed by atoms with Gasteiger partial charge in [0.15, 0.2) is 0 Å². The first-order valence-corrected chi connectivity index (χ1v) is 7.17. The lowest BCUT2D eigenvalue weighted by atomic mass is 10.2. The molecule has 2 rings (SSSR count). The zero-order valence-electron chi connectivity index (χ0n) is 10.8. The molecule has 0 bridgehead atoms. The van der Waals surface area contributed by atoms with E-state index in [9.17, 15) is 0 Å². The Balaban J connectivity index is 1.87. The molecule has 2 heterocycles. The molecule has 1 aliphatic rings. The van der Waals surface area contributed by atoms with Gasteiger partial charge in [0.05, 0.1) is 36.1 Å². The summed E-state index contributed by atoms with van der Waals surface area (Å²) in [6.07, 6.45) is 3.56. The average molecular weight is 332 g/mol. The van der Waals surface area contributed by atoms with Gasteiger partial charge in [0, 0.05) is 6.54 Å². The number of aromatic nitrogens is 2. The SMILES string of the molecule is CCOc1nc(NC[C@H]2CC[C@@H](CO)O2)ncc1Br. The monoisotopic (exact) mass is 331 g/mol. The van der Waals surface area contributed by atoms with Crippen molar-refractivity contribution in [3.8, 4) is 5.88 Å². The predicted molar refractivity (Wildman–Crippen MR) is 74.4 cm³/mol. The van der Waals surface area contributed by atoms with E-state index < -0.39 is 0 Å². The fourth-order valence-corrected chi connectivity index (χ4v) is 2.25. The number of ether oxygens (including phenoxy) is 2. The van der Waals surface area contributed by atoms with Crippen LogP contribution in [0.1, 0.15) is 19.8 Å². The number of nitrogens with zero attached hydrogens (tertiary/aromatic N) is 2. The van der Waals surface area contributed by atoms with Crippen molar-refractivity contribution in [1.29, 1.82) is 0 Å². The molecule has 0 spiro atoms. The number of aliphatic hydroxyl groups is 1. The highest BCUT2D eigenvalue weighted by molar-refractivity contribution is 9.10. The van der Waals surface area contributed by atoms with Crippen molar-refractivity contribution >= 4 is 21.9 Å². The quantitative estimate of drug-likeness (QED) is 0.824. The van der Waals surface area contributed by atoms with Crippen molar-refractivity contribution < 1.29 is 14.6 Å².